The van der Waals surface area contributed by atoms with Gasteiger partial charge in [0.15, 0.2) is 0 Å². The molecule has 55 heavy (non-hydrogen) atoms. The molecule has 0 radical (unpaired) electrons. The molecule has 21 heteroatoms. The predicted octanol–water partition coefficient (Wildman–Crippen LogP) is 2.14. The van der Waals surface area contributed by atoms with Crippen LogP contribution in [0.3, 0.4) is 0 Å². The Morgan fingerprint density at radius 1 is 1.00 bits per heavy atom. The van der Waals surface area contributed by atoms with Gasteiger partial charge in [0.1, 0.15) is 25.0 Å². The second kappa shape index (κ2) is 16.7. The number of carbonyl (C=O) groups excluding carboxylic acids is 4. The van der Waals surface area contributed by atoms with E-state index in [2.05, 4.69) is 5.32 Å². The molecule has 6 atom stereocenters. The molecule has 3 aliphatic heterocycles. The van der Waals surface area contributed by atoms with Gasteiger partial charge < -0.3 is 24.8 Å². The highest BCUT2D eigenvalue weighted by atomic mass is 32.2. The molecule has 2 fully saturated rings. The number of carbonyl (C=O) groups is 4. The number of β-lactam (4-membered cyclic amide) rings is 1. The van der Waals surface area contributed by atoms with E-state index in [-0.39, 0.29) is 49.8 Å². The molecule has 2 aromatic rings. The maximum Gasteiger partial charge on any atom is 0.410 e. The highest BCUT2D eigenvalue weighted by molar-refractivity contribution is 8.03. The van der Waals surface area contributed by atoms with E-state index in [1.807, 2.05) is 0 Å². The van der Waals surface area contributed by atoms with Crippen LogP contribution >= 0.6 is 11.8 Å². The second-order valence-corrected chi connectivity index (χ2v) is 17.1. The van der Waals surface area contributed by atoms with Crippen molar-refractivity contribution >= 4 is 57.0 Å². The van der Waals surface area contributed by atoms with Crippen LogP contribution in [-0.2, 0) is 47.1 Å². The van der Waals surface area contributed by atoms with Gasteiger partial charge in [-0.2, -0.15) is 0 Å². The number of rotatable bonds is 15. The van der Waals surface area contributed by atoms with E-state index in [0.717, 1.165) is 4.31 Å². The number of hydrogen-bond acceptors (Lipinski definition) is 14. The normalized spacial score (nSPS) is 22.6. The van der Waals surface area contributed by atoms with Crippen molar-refractivity contribution in [3.8, 4) is 0 Å². The third-order valence-electron chi connectivity index (χ3n) is 9.64. The van der Waals surface area contributed by atoms with Gasteiger partial charge in [0.25, 0.3) is 11.4 Å². The molecule has 0 unspecified atom stereocenters. The number of sulfonamides is 1. The molecular weight excluding hydrogens is 765 g/mol. The number of fused-ring (bicyclic) bond motifs is 1. The van der Waals surface area contributed by atoms with Gasteiger partial charge in [-0.05, 0) is 48.7 Å². The summed E-state index contributed by atoms with van der Waals surface area (Å²) in [5, 5.41) is 34.5. The fourth-order valence-electron chi connectivity index (χ4n) is 6.66. The number of amides is 3. The number of likely N-dealkylation sites (tertiary alicyclic amines) is 1. The largest absolute Gasteiger partial charge is 0.456 e. The molecule has 0 spiro atoms. The Kier molecular flexibility index (Phi) is 12.5. The molecule has 19 nitrogen and oxygen atoms in total. The molecule has 2 saturated heterocycles. The van der Waals surface area contributed by atoms with Crippen molar-refractivity contribution < 1.29 is 52.0 Å². The summed E-state index contributed by atoms with van der Waals surface area (Å²) in [7, 11) is -0.934. The van der Waals surface area contributed by atoms with Crippen LogP contribution in [0.5, 0.6) is 0 Å². The summed E-state index contributed by atoms with van der Waals surface area (Å²) in [4.78, 5) is 77.9. The lowest BCUT2D eigenvalue weighted by molar-refractivity contribution is -0.385. The minimum Gasteiger partial charge on any atom is -0.456 e. The van der Waals surface area contributed by atoms with Crippen LogP contribution in [0.1, 0.15) is 31.4 Å². The van der Waals surface area contributed by atoms with E-state index in [4.69, 9.17) is 9.47 Å². The number of esters is 1. The van der Waals surface area contributed by atoms with Crippen molar-refractivity contribution in [2.45, 2.75) is 56.9 Å². The summed E-state index contributed by atoms with van der Waals surface area (Å²) >= 11 is 1.18. The number of benzene rings is 2. The zero-order chi connectivity index (χ0) is 40.4. The Bertz CT molecular complexity index is 1990. The smallest absolute Gasteiger partial charge is 0.410 e. The maximum absolute atomic E-state index is 13.7. The number of nitrogens with zero attached hydrogens (tertiary/aromatic N) is 5. The summed E-state index contributed by atoms with van der Waals surface area (Å²) in [6.45, 7) is 2.44. The number of non-ortho nitro benzene ring substituents is 2. The molecule has 3 amide bonds. The van der Waals surface area contributed by atoms with Gasteiger partial charge in [-0.15, -0.1) is 11.8 Å². The summed E-state index contributed by atoms with van der Waals surface area (Å²) in [6.07, 6.45) is -1.86. The molecule has 3 heterocycles. The molecule has 5 rings (SSSR count). The van der Waals surface area contributed by atoms with Crippen LogP contribution in [0.4, 0.5) is 16.2 Å². The van der Waals surface area contributed by atoms with Gasteiger partial charge in [0, 0.05) is 67.5 Å². The lowest BCUT2D eigenvalue weighted by Crippen LogP contribution is -2.63. The van der Waals surface area contributed by atoms with Crippen molar-refractivity contribution in [1.29, 1.82) is 0 Å². The lowest BCUT2D eigenvalue weighted by Gasteiger charge is -2.46. The van der Waals surface area contributed by atoms with E-state index >= 15 is 0 Å². The topological polar surface area (TPSA) is 249 Å². The highest BCUT2D eigenvalue weighted by Gasteiger charge is 2.60. The number of hydrogen-bond donors (Lipinski definition) is 2. The van der Waals surface area contributed by atoms with Crippen LogP contribution < -0.4 is 5.32 Å². The van der Waals surface area contributed by atoms with Crippen LogP contribution in [-0.4, -0.2) is 118 Å². The number of nitrogens with one attached hydrogen (secondary N) is 1. The van der Waals surface area contributed by atoms with Gasteiger partial charge >= 0.3 is 12.1 Å². The van der Waals surface area contributed by atoms with Crippen molar-refractivity contribution in [1.82, 2.24) is 19.4 Å². The standard InChI is InChI=1S/C34H40N6O13S2/c1-19-28-27(20(2)41)32(43)38(28)29(33(44)52-17-21-5-9-23(10-6-21)39(46)47)30(19)54-25-15-26(31(42)35-13-14-55(50,51)36(3)4)37(16-25)34(45)53-18-22-7-11-24(12-8-22)40(48)49/h5-12,19-20,25-28,41H,13-18H2,1-4H3,(H,35,42)/t19-,20-,25+,26+,27-,28-/m1/s1. The van der Waals surface area contributed by atoms with Crippen LogP contribution in [0.2, 0.25) is 0 Å². The Balaban J connectivity index is 1.37. The highest BCUT2D eigenvalue weighted by Crippen LogP contribution is 2.52. The number of nitro benzene ring substituents is 2. The number of thioether (sulfide) groups is 1. The van der Waals surface area contributed by atoms with Gasteiger partial charge in [-0.25, -0.2) is 22.3 Å². The van der Waals surface area contributed by atoms with Gasteiger partial charge in [0.2, 0.25) is 21.8 Å². The summed E-state index contributed by atoms with van der Waals surface area (Å²) in [6, 6.07) is 9.05. The Hall–Kier alpha value is -5.12. The summed E-state index contributed by atoms with van der Waals surface area (Å²) < 4.78 is 36.7. The van der Waals surface area contributed by atoms with E-state index < -0.39 is 84.8 Å². The minimum absolute atomic E-state index is 0.0413. The zero-order valence-electron chi connectivity index (χ0n) is 30.2. The molecule has 0 aromatic heterocycles. The molecule has 0 aliphatic carbocycles. The quantitative estimate of drug-likeness (QED) is 0.113. The minimum atomic E-state index is -3.65. The number of aliphatic hydroxyl groups is 1. The number of ether oxygens (including phenoxy) is 2. The van der Waals surface area contributed by atoms with Gasteiger partial charge in [0.05, 0.1) is 33.7 Å². The van der Waals surface area contributed by atoms with Crippen molar-refractivity contribution in [3.63, 3.8) is 0 Å². The number of aliphatic hydroxyl groups excluding tert-OH is 1. The van der Waals surface area contributed by atoms with Crippen molar-refractivity contribution in [2.75, 3.05) is 32.9 Å². The first-order valence-electron chi connectivity index (χ1n) is 17.1. The van der Waals surface area contributed by atoms with Crippen molar-refractivity contribution in [2.24, 2.45) is 11.8 Å². The molecule has 2 aromatic carbocycles. The maximum atomic E-state index is 13.7. The third kappa shape index (κ3) is 8.90. The Morgan fingerprint density at radius 3 is 2.05 bits per heavy atom. The second-order valence-electron chi connectivity index (χ2n) is 13.5. The van der Waals surface area contributed by atoms with Crippen molar-refractivity contribution in [3.05, 3.63) is 90.5 Å². The fraction of sp³-hybridized carbons (Fsp3) is 0.471. The first kappa shape index (κ1) is 41.1. The fourth-order valence-corrected chi connectivity index (χ4v) is 8.90. The monoisotopic (exact) mass is 804 g/mol. The molecule has 296 valence electrons. The Labute approximate surface area is 319 Å². The van der Waals surface area contributed by atoms with E-state index in [9.17, 15) is 52.9 Å². The van der Waals surface area contributed by atoms with E-state index in [1.165, 1.54) is 91.1 Å². The number of nitro groups is 2. The third-order valence-corrected chi connectivity index (χ3v) is 13.0. The molecule has 3 aliphatic rings. The Morgan fingerprint density at radius 2 is 1.55 bits per heavy atom. The molecule has 2 N–H and O–H groups in total. The van der Waals surface area contributed by atoms with Gasteiger partial charge in [-0.1, -0.05) is 6.92 Å². The average molecular weight is 805 g/mol. The molecule has 0 bridgehead atoms. The lowest BCUT2D eigenvalue weighted by atomic mass is 9.79. The first-order chi connectivity index (χ1) is 25.9. The van der Waals surface area contributed by atoms with Gasteiger partial charge in [-0.3, -0.25) is 34.7 Å². The SMILES string of the molecule is C[C@@H](O)[C@H]1C(=O)N2C(C(=O)OCc3ccc([N+](=O)[O-])cc3)=C(S[C@H]3C[C@@H](C(=O)NCCS(=O)(=O)N(C)C)N(C(=O)OCc4ccc([N+](=O)[O-])cc4)C3)[C@H](C)[C@H]12. The average Bonchev–Trinajstić information content (AvgIpc) is 3.66. The molecule has 0 saturated carbocycles. The van der Waals surface area contributed by atoms with E-state index in [0.29, 0.717) is 16.0 Å². The zero-order valence-corrected chi connectivity index (χ0v) is 31.9. The first-order valence-corrected chi connectivity index (χ1v) is 19.6. The van der Waals surface area contributed by atoms with Crippen LogP contribution in [0, 0.1) is 32.1 Å². The van der Waals surface area contributed by atoms with Crippen LogP contribution in [0.15, 0.2) is 59.1 Å². The predicted molar refractivity (Wildman–Crippen MR) is 195 cm³/mol. The summed E-state index contributed by atoms with van der Waals surface area (Å²) in [5.74, 6) is -3.62. The molecular formula is C34H40N6O13S2. The summed E-state index contributed by atoms with van der Waals surface area (Å²) in [5.41, 5.74) is 0.562. The van der Waals surface area contributed by atoms with E-state index in [1.54, 1.807) is 6.92 Å². The van der Waals surface area contributed by atoms with Crippen LogP contribution in [0.25, 0.3) is 0 Å².